The Bertz CT molecular complexity index is 1080. The van der Waals surface area contributed by atoms with Gasteiger partial charge in [0.25, 0.3) is 0 Å². The topological polar surface area (TPSA) is 89.0 Å². The number of rotatable bonds is 10. The van der Waals surface area contributed by atoms with Crippen LogP contribution in [0.5, 0.6) is 11.5 Å². The van der Waals surface area contributed by atoms with Crippen molar-refractivity contribution in [2.24, 2.45) is 5.10 Å². The molecule has 2 N–H and O–H groups in total. The van der Waals surface area contributed by atoms with E-state index in [0.717, 1.165) is 16.9 Å². The molecule has 0 aromatic heterocycles. The van der Waals surface area contributed by atoms with Gasteiger partial charge in [-0.1, -0.05) is 29.8 Å². The van der Waals surface area contributed by atoms with Gasteiger partial charge in [-0.2, -0.15) is 5.10 Å². The third-order valence-electron chi connectivity index (χ3n) is 4.76. The first-order valence-corrected chi connectivity index (χ1v) is 10.6. The molecule has 33 heavy (non-hydrogen) atoms. The van der Waals surface area contributed by atoms with Crippen molar-refractivity contribution >= 4 is 23.7 Å². The van der Waals surface area contributed by atoms with Crippen molar-refractivity contribution in [3.63, 3.8) is 0 Å². The monoisotopic (exact) mass is 445 g/mol. The molecule has 0 saturated heterocycles. The van der Waals surface area contributed by atoms with Gasteiger partial charge < -0.3 is 14.8 Å². The Morgan fingerprint density at radius 3 is 2.15 bits per heavy atom. The van der Waals surface area contributed by atoms with Crippen molar-refractivity contribution in [1.29, 1.82) is 0 Å². The molecule has 0 heterocycles. The number of ether oxygens (including phenoxy) is 2. The lowest BCUT2D eigenvalue weighted by atomic mass is 10.2. The molecule has 0 aliphatic heterocycles. The number of nitrogens with one attached hydrogen (secondary N) is 2. The van der Waals surface area contributed by atoms with Crippen LogP contribution in [0.25, 0.3) is 0 Å². The van der Waals surface area contributed by atoms with Gasteiger partial charge in [-0.25, -0.2) is 5.43 Å². The first-order chi connectivity index (χ1) is 16.0. The van der Waals surface area contributed by atoms with Crippen molar-refractivity contribution in [2.75, 3.05) is 12.4 Å². The molecule has 2 amide bonds. The number of hydrogen-bond acceptors (Lipinski definition) is 5. The normalized spacial score (nSPS) is 10.6. The van der Waals surface area contributed by atoms with Gasteiger partial charge in [-0.3, -0.25) is 9.59 Å². The highest BCUT2D eigenvalue weighted by molar-refractivity contribution is 5.93. The van der Waals surface area contributed by atoms with Crippen molar-refractivity contribution in [3.8, 4) is 11.5 Å². The fourth-order valence-corrected chi connectivity index (χ4v) is 2.86. The van der Waals surface area contributed by atoms with Gasteiger partial charge in [-0.15, -0.1) is 0 Å². The second kappa shape index (κ2) is 12.0. The Labute approximate surface area is 193 Å². The summed E-state index contributed by atoms with van der Waals surface area (Å²) in [6.45, 7) is 2.55. The van der Waals surface area contributed by atoms with Gasteiger partial charge >= 0.3 is 0 Å². The summed E-state index contributed by atoms with van der Waals surface area (Å²) in [5, 5.41) is 6.68. The fourth-order valence-electron chi connectivity index (χ4n) is 2.86. The number of methoxy groups -OCH3 is 1. The number of benzene rings is 3. The maximum Gasteiger partial charge on any atom is 0.240 e. The maximum atomic E-state index is 12.0. The van der Waals surface area contributed by atoms with Crippen molar-refractivity contribution in [3.05, 3.63) is 89.5 Å². The molecule has 0 aliphatic carbocycles. The molecule has 0 bridgehead atoms. The Morgan fingerprint density at radius 2 is 1.48 bits per heavy atom. The van der Waals surface area contributed by atoms with Crippen LogP contribution in [0.3, 0.4) is 0 Å². The predicted molar refractivity (Wildman–Crippen MR) is 129 cm³/mol. The molecule has 0 unspecified atom stereocenters. The Kier molecular flexibility index (Phi) is 8.59. The molecule has 3 aromatic rings. The average molecular weight is 446 g/mol. The standard InChI is InChI=1S/C26H27N3O4/c1-19-3-5-21(6-4-19)18-33-24-11-7-20(8-12-24)17-27-29-26(31)16-15-25(30)28-22-9-13-23(32-2)14-10-22/h3-14,17H,15-16,18H2,1-2H3,(H,28,30)(H,29,31). The van der Waals surface area contributed by atoms with Gasteiger partial charge in [0.2, 0.25) is 11.8 Å². The zero-order valence-corrected chi connectivity index (χ0v) is 18.7. The van der Waals surface area contributed by atoms with Crippen LogP contribution in [-0.2, 0) is 16.2 Å². The van der Waals surface area contributed by atoms with Gasteiger partial charge in [0.15, 0.2) is 0 Å². The summed E-state index contributed by atoms with van der Waals surface area (Å²) in [5.41, 5.74) is 6.21. The summed E-state index contributed by atoms with van der Waals surface area (Å²) < 4.78 is 10.9. The molecule has 0 atom stereocenters. The van der Waals surface area contributed by atoms with Crippen LogP contribution < -0.4 is 20.2 Å². The number of nitrogens with zero attached hydrogens (tertiary/aromatic N) is 1. The molecule has 7 nitrogen and oxygen atoms in total. The summed E-state index contributed by atoms with van der Waals surface area (Å²) >= 11 is 0. The zero-order chi connectivity index (χ0) is 23.5. The van der Waals surface area contributed by atoms with Crippen LogP contribution in [0.4, 0.5) is 5.69 Å². The smallest absolute Gasteiger partial charge is 0.240 e. The highest BCUT2D eigenvalue weighted by atomic mass is 16.5. The third-order valence-corrected chi connectivity index (χ3v) is 4.76. The van der Waals surface area contributed by atoms with E-state index < -0.39 is 0 Å². The number of hydrogen-bond donors (Lipinski definition) is 2. The summed E-state index contributed by atoms with van der Waals surface area (Å²) in [4.78, 5) is 23.9. The lowest BCUT2D eigenvalue weighted by Crippen LogP contribution is -2.20. The number of hydrazone groups is 1. The Hall–Kier alpha value is -4.13. The van der Waals surface area contributed by atoms with E-state index in [4.69, 9.17) is 9.47 Å². The van der Waals surface area contributed by atoms with E-state index in [0.29, 0.717) is 18.0 Å². The summed E-state index contributed by atoms with van der Waals surface area (Å²) in [5.74, 6) is 0.865. The molecule has 0 aliphatic rings. The summed E-state index contributed by atoms with van der Waals surface area (Å²) in [7, 11) is 1.58. The number of carbonyl (C=O) groups is 2. The van der Waals surface area contributed by atoms with Gasteiger partial charge in [0.1, 0.15) is 18.1 Å². The minimum absolute atomic E-state index is 0.0329. The predicted octanol–water partition coefficient (Wildman–Crippen LogP) is 4.45. The van der Waals surface area contributed by atoms with E-state index in [1.165, 1.54) is 5.56 Å². The van der Waals surface area contributed by atoms with Crippen LogP contribution in [0.2, 0.25) is 0 Å². The van der Waals surface area contributed by atoms with Crippen LogP contribution in [0.1, 0.15) is 29.5 Å². The molecular formula is C26H27N3O4. The van der Waals surface area contributed by atoms with E-state index in [2.05, 4.69) is 28.0 Å². The highest BCUT2D eigenvalue weighted by Gasteiger charge is 2.07. The van der Waals surface area contributed by atoms with E-state index in [9.17, 15) is 9.59 Å². The first kappa shape index (κ1) is 23.5. The minimum Gasteiger partial charge on any atom is -0.497 e. The molecule has 0 radical (unpaired) electrons. The quantitative estimate of drug-likeness (QED) is 0.356. The Morgan fingerprint density at radius 1 is 0.848 bits per heavy atom. The minimum atomic E-state index is -0.339. The van der Waals surface area contributed by atoms with Crippen LogP contribution in [0, 0.1) is 6.92 Å². The molecule has 0 saturated carbocycles. The fraction of sp³-hybridized carbons (Fsp3) is 0.192. The van der Waals surface area contributed by atoms with Crippen LogP contribution in [0.15, 0.2) is 77.9 Å². The van der Waals surface area contributed by atoms with Crippen molar-refractivity contribution < 1.29 is 19.1 Å². The van der Waals surface area contributed by atoms with Gasteiger partial charge in [0, 0.05) is 18.5 Å². The number of anilines is 1. The number of amides is 2. The summed E-state index contributed by atoms with van der Waals surface area (Å²) in [6, 6.07) is 22.6. The number of carbonyl (C=O) groups excluding carboxylic acids is 2. The van der Waals surface area contributed by atoms with E-state index in [1.807, 2.05) is 43.3 Å². The van der Waals surface area contributed by atoms with E-state index >= 15 is 0 Å². The lowest BCUT2D eigenvalue weighted by Gasteiger charge is -2.07. The molecule has 0 fully saturated rings. The summed E-state index contributed by atoms with van der Waals surface area (Å²) in [6.07, 6.45) is 1.63. The highest BCUT2D eigenvalue weighted by Crippen LogP contribution is 2.16. The molecule has 0 spiro atoms. The van der Waals surface area contributed by atoms with Crippen LogP contribution in [-0.4, -0.2) is 25.1 Å². The molecule has 3 rings (SSSR count). The Balaban J connectivity index is 1.36. The second-order valence-electron chi connectivity index (χ2n) is 7.41. The van der Waals surface area contributed by atoms with Gasteiger partial charge in [-0.05, 0) is 66.6 Å². The molecule has 170 valence electrons. The van der Waals surface area contributed by atoms with E-state index in [1.54, 1.807) is 37.6 Å². The number of aryl methyl sites for hydroxylation is 1. The van der Waals surface area contributed by atoms with Crippen LogP contribution >= 0.6 is 0 Å². The third kappa shape index (κ3) is 8.14. The molecule has 3 aromatic carbocycles. The second-order valence-corrected chi connectivity index (χ2v) is 7.41. The lowest BCUT2D eigenvalue weighted by molar-refractivity contribution is -0.124. The van der Waals surface area contributed by atoms with Gasteiger partial charge in [0.05, 0.1) is 13.3 Å². The maximum absolute atomic E-state index is 12.0. The average Bonchev–Trinajstić information content (AvgIpc) is 2.84. The molecule has 7 heteroatoms. The first-order valence-electron chi connectivity index (χ1n) is 10.6. The van der Waals surface area contributed by atoms with Crippen molar-refractivity contribution in [2.45, 2.75) is 26.4 Å². The molecular weight excluding hydrogens is 418 g/mol. The zero-order valence-electron chi connectivity index (χ0n) is 18.7. The SMILES string of the molecule is COc1ccc(NC(=O)CCC(=O)NN=Cc2ccc(OCc3ccc(C)cc3)cc2)cc1. The largest absolute Gasteiger partial charge is 0.497 e. The van der Waals surface area contributed by atoms with E-state index in [-0.39, 0.29) is 24.7 Å². The van der Waals surface area contributed by atoms with Crippen molar-refractivity contribution in [1.82, 2.24) is 5.43 Å².